The molecule has 0 saturated heterocycles. The summed E-state index contributed by atoms with van der Waals surface area (Å²) < 4.78 is 5.95. The molecule has 1 N–H and O–H groups in total. The quantitative estimate of drug-likeness (QED) is 0.334. The van der Waals surface area contributed by atoms with Crippen LogP contribution in [0.25, 0.3) is 0 Å². The Balaban J connectivity index is 1.52. The molecule has 3 aromatic rings. The van der Waals surface area contributed by atoms with Gasteiger partial charge in [-0.15, -0.1) is 0 Å². The Hall–Kier alpha value is -3.60. The third kappa shape index (κ3) is 6.98. The summed E-state index contributed by atoms with van der Waals surface area (Å²) in [6.45, 7) is 2.37. The van der Waals surface area contributed by atoms with Crippen LogP contribution in [0.15, 0.2) is 78.0 Å². The minimum atomic E-state index is -0.765. The van der Waals surface area contributed by atoms with E-state index in [1.54, 1.807) is 0 Å². The van der Waals surface area contributed by atoms with Gasteiger partial charge < -0.3 is 14.7 Å². The van der Waals surface area contributed by atoms with Gasteiger partial charge in [0.1, 0.15) is 25.2 Å². The van der Waals surface area contributed by atoms with Crippen LogP contribution in [0, 0.1) is 6.92 Å². The molecule has 5 nitrogen and oxygen atoms in total. The molecule has 0 spiro atoms. The van der Waals surface area contributed by atoms with Crippen molar-refractivity contribution < 1.29 is 19.5 Å². The molecule has 0 amide bonds. The van der Waals surface area contributed by atoms with Gasteiger partial charge in [-0.1, -0.05) is 65.8 Å². The number of oxime groups is 1. The maximum absolute atomic E-state index is 10.7. The van der Waals surface area contributed by atoms with Gasteiger partial charge in [0.05, 0.1) is 0 Å². The van der Waals surface area contributed by atoms with Crippen molar-refractivity contribution in [3.05, 3.63) is 101 Å². The molecule has 0 aliphatic rings. The first kappa shape index (κ1) is 23.1. The lowest BCUT2D eigenvalue weighted by Crippen LogP contribution is -2.14. The zero-order valence-corrected chi connectivity index (χ0v) is 18.6. The van der Waals surface area contributed by atoms with Gasteiger partial charge in [0, 0.05) is 12.0 Å². The van der Waals surface area contributed by atoms with E-state index in [4.69, 9.17) is 14.7 Å². The van der Waals surface area contributed by atoms with E-state index < -0.39 is 5.97 Å². The minimum absolute atomic E-state index is 0.164. The Morgan fingerprint density at radius 3 is 1.97 bits per heavy atom. The fourth-order valence-corrected chi connectivity index (χ4v) is 3.48. The number of hydrogen-bond acceptors (Lipinski definition) is 4. The molecule has 0 bridgehead atoms. The van der Waals surface area contributed by atoms with Crippen LogP contribution in [0.1, 0.15) is 34.2 Å². The number of carboxylic acid groups (broad SMARTS) is 1. The predicted octanol–water partition coefficient (Wildman–Crippen LogP) is 5.23. The Kier molecular flexibility index (Phi) is 8.44. The number of aryl methyl sites for hydroxylation is 4. The molecule has 3 aromatic carbocycles. The highest BCUT2D eigenvalue weighted by Gasteiger charge is 2.09. The molecule has 0 atom stereocenters. The highest BCUT2D eigenvalue weighted by molar-refractivity contribution is 6.02. The number of carbonyl (C=O) groups is 1. The molecule has 0 aliphatic heterocycles. The number of nitrogens with zero attached hydrogens (tertiary/aromatic N) is 1. The van der Waals surface area contributed by atoms with Gasteiger partial charge in [-0.2, -0.15) is 0 Å². The standard InChI is InChI=1S/C27H29NO4/c1-20-5-3-4-6-25(20)26(28-31-2)19-32-24-16-13-23(14-17-24)12-9-21-7-10-22(11-8-21)15-18-27(29)30/h3-8,10-11,13-14,16-17H,9,12,15,18-19H2,1-2H3,(H,29,30)/b28-26+. The van der Waals surface area contributed by atoms with Gasteiger partial charge in [-0.05, 0) is 60.6 Å². The number of aliphatic carboxylic acids is 1. The van der Waals surface area contributed by atoms with E-state index in [1.807, 2.05) is 55.5 Å². The monoisotopic (exact) mass is 431 g/mol. The SMILES string of the molecule is CO/N=C(\COc1ccc(CCc2ccc(CCC(=O)O)cc2)cc1)c1ccccc1C. The average Bonchev–Trinajstić information content (AvgIpc) is 2.81. The normalized spacial score (nSPS) is 11.2. The van der Waals surface area contributed by atoms with Crippen LogP contribution < -0.4 is 4.74 Å². The molecule has 3 rings (SSSR count). The second-order valence-corrected chi connectivity index (χ2v) is 7.68. The molecule has 0 radical (unpaired) electrons. The maximum atomic E-state index is 10.7. The summed E-state index contributed by atoms with van der Waals surface area (Å²) in [6, 6.07) is 24.3. The number of carboxylic acids is 1. The zero-order valence-electron chi connectivity index (χ0n) is 18.6. The molecule has 0 aliphatic carbocycles. The van der Waals surface area contributed by atoms with Gasteiger partial charge in [0.25, 0.3) is 0 Å². The van der Waals surface area contributed by atoms with Crippen molar-refractivity contribution in [2.75, 3.05) is 13.7 Å². The van der Waals surface area contributed by atoms with Crippen LogP contribution in [0.5, 0.6) is 5.75 Å². The summed E-state index contributed by atoms with van der Waals surface area (Å²) in [5, 5.41) is 12.9. The highest BCUT2D eigenvalue weighted by atomic mass is 16.6. The lowest BCUT2D eigenvalue weighted by Gasteiger charge is -2.11. The maximum Gasteiger partial charge on any atom is 0.303 e. The first-order chi connectivity index (χ1) is 15.5. The fraction of sp³-hybridized carbons (Fsp3) is 0.259. The van der Waals surface area contributed by atoms with Gasteiger partial charge in [0.15, 0.2) is 0 Å². The van der Waals surface area contributed by atoms with Crippen molar-refractivity contribution in [2.45, 2.75) is 32.6 Å². The predicted molar refractivity (Wildman–Crippen MR) is 126 cm³/mol. The highest BCUT2D eigenvalue weighted by Crippen LogP contribution is 2.16. The Bertz CT molecular complexity index is 1040. The van der Waals surface area contributed by atoms with E-state index in [9.17, 15) is 4.79 Å². The summed E-state index contributed by atoms with van der Waals surface area (Å²) in [5.41, 5.74) is 6.42. The minimum Gasteiger partial charge on any atom is -0.487 e. The molecule has 0 fully saturated rings. The third-order valence-electron chi connectivity index (χ3n) is 5.31. The summed E-state index contributed by atoms with van der Waals surface area (Å²) >= 11 is 0. The second kappa shape index (κ2) is 11.7. The number of hydrogen-bond donors (Lipinski definition) is 1. The van der Waals surface area contributed by atoms with Crippen molar-refractivity contribution in [2.24, 2.45) is 5.16 Å². The first-order valence-corrected chi connectivity index (χ1v) is 10.7. The summed E-state index contributed by atoms with van der Waals surface area (Å²) in [5.74, 6) is 0.0211. The lowest BCUT2D eigenvalue weighted by molar-refractivity contribution is -0.136. The van der Waals surface area contributed by atoms with Crippen LogP contribution in [0.3, 0.4) is 0 Å². The number of benzene rings is 3. The first-order valence-electron chi connectivity index (χ1n) is 10.7. The third-order valence-corrected chi connectivity index (χ3v) is 5.31. The molecule has 166 valence electrons. The van der Waals surface area contributed by atoms with Gasteiger partial charge in [-0.25, -0.2) is 0 Å². The van der Waals surface area contributed by atoms with Crippen molar-refractivity contribution in [1.29, 1.82) is 0 Å². The number of ether oxygens (including phenoxy) is 1. The smallest absolute Gasteiger partial charge is 0.303 e. The van der Waals surface area contributed by atoms with Gasteiger partial charge in [0.2, 0.25) is 0 Å². The average molecular weight is 432 g/mol. The lowest BCUT2D eigenvalue weighted by atomic mass is 10.0. The summed E-state index contributed by atoms with van der Waals surface area (Å²) in [4.78, 5) is 15.7. The largest absolute Gasteiger partial charge is 0.487 e. The molecule has 0 unspecified atom stereocenters. The van der Waals surface area contributed by atoms with E-state index in [0.29, 0.717) is 13.0 Å². The van der Waals surface area contributed by atoms with Crippen LogP contribution in [-0.2, 0) is 28.9 Å². The number of rotatable bonds is 11. The molecule has 5 heteroatoms. The van der Waals surface area contributed by atoms with Crippen molar-refractivity contribution >= 4 is 11.7 Å². The van der Waals surface area contributed by atoms with E-state index in [1.165, 1.54) is 18.2 Å². The molecule has 0 aromatic heterocycles. The Morgan fingerprint density at radius 2 is 1.41 bits per heavy atom. The fourth-order valence-electron chi connectivity index (χ4n) is 3.48. The van der Waals surface area contributed by atoms with Gasteiger partial charge >= 0.3 is 5.97 Å². The van der Waals surface area contributed by atoms with Crippen LogP contribution in [-0.4, -0.2) is 30.5 Å². The zero-order chi connectivity index (χ0) is 22.8. The summed E-state index contributed by atoms with van der Waals surface area (Å²) in [6.07, 6.45) is 2.58. The molecular weight excluding hydrogens is 402 g/mol. The Labute approximate surface area is 189 Å². The molecule has 0 saturated carbocycles. The Morgan fingerprint density at radius 1 is 0.844 bits per heavy atom. The summed E-state index contributed by atoms with van der Waals surface area (Å²) in [7, 11) is 1.54. The molecule has 0 heterocycles. The second-order valence-electron chi connectivity index (χ2n) is 7.68. The topological polar surface area (TPSA) is 68.1 Å². The molecule has 32 heavy (non-hydrogen) atoms. The van der Waals surface area contributed by atoms with Gasteiger partial charge in [-0.3, -0.25) is 4.79 Å². The van der Waals surface area contributed by atoms with Crippen molar-refractivity contribution in [3.63, 3.8) is 0 Å². The van der Waals surface area contributed by atoms with Crippen molar-refractivity contribution in [1.82, 2.24) is 0 Å². The molecular formula is C27H29NO4. The van der Waals surface area contributed by atoms with E-state index >= 15 is 0 Å². The van der Waals surface area contributed by atoms with Crippen molar-refractivity contribution in [3.8, 4) is 5.75 Å². The van der Waals surface area contributed by atoms with Crippen LogP contribution in [0.2, 0.25) is 0 Å². The van der Waals surface area contributed by atoms with E-state index in [2.05, 4.69) is 29.4 Å². The van der Waals surface area contributed by atoms with Crippen LogP contribution in [0.4, 0.5) is 0 Å². The van der Waals surface area contributed by atoms with E-state index in [0.717, 1.165) is 41.0 Å². The van der Waals surface area contributed by atoms with E-state index in [-0.39, 0.29) is 6.42 Å². The van der Waals surface area contributed by atoms with Crippen LogP contribution >= 0.6 is 0 Å².